The van der Waals surface area contributed by atoms with Crippen molar-refractivity contribution in [2.24, 2.45) is 0 Å². The van der Waals surface area contributed by atoms with Gasteiger partial charge in [0, 0.05) is 19.2 Å². The average Bonchev–Trinajstić information content (AvgIpc) is 2.16. The van der Waals surface area contributed by atoms with E-state index in [2.05, 4.69) is 10.0 Å². The van der Waals surface area contributed by atoms with Gasteiger partial charge in [-0.25, -0.2) is 4.21 Å². The lowest BCUT2D eigenvalue weighted by molar-refractivity contribution is -0.119. The van der Waals surface area contributed by atoms with E-state index in [4.69, 9.17) is 4.55 Å². The van der Waals surface area contributed by atoms with Gasteiger partial charge in [0.25, 0.3) is 11.3 Å². The second-order valence-corrected chi connectivity index (χ2v) is 3.66. The Morgan fingerprint density at radius 3 is 2.47 bits per heavy atom. The van der Waals surface area contributed by atoms with Gasteiger partial charge in [-0.15, -0.1) is 0 Å². The van der Waals surface area contributed by atoms with Crippen molar-refractivity contribution in [3.05, 3.63) is 29.8 Å². The van der Waals surface area contributed by atoms with Crippen molar-refractivity contribution in [1.82, 2.24) is 5.32 Å². The van der Waals surface area contributed by atoms with Crippen LogP contribution in [0, 0.1) is 0 Å². The fourth-order valence-electron chi connectivity index (χ4n) is 1.02. The van der Waals surface area contributed by atoms with Gasteiger partial charge in [-0.1, -0.05) is 12.1 Å². The second kappa shape index (κ2) is 5.47. The monoisotopic (exact) mass is 228 g/mol. The van der Waals surface area contributed by atoms with Crippen LogP contribution in [0.4, 0.5) is 5.69 Å². The van der Waals surface area contributed by atoms with Crippen LogP contribution in [0.1, 0.15) is 12.5 Å². The predicted molar refractivity (Wildman–Crippen MR) is 58.4 cm³/mol. The van der Waals surface area contributed by atoms with Crippen LogP contribution < -0.4 is 10.0 Å². The minimum atomic E-state index is -2.05. The molecule has 0 spiro atoms. The summed E-state index contributed by atoms with van der Waals surface area (Å²) in [5.74, 6) is -0.0892. The first-order chi connectivity index (χ1) is 7.08. The molecule has 3 N–H and O–H groups in total. The Bertz CT molecular complexity index is 364. The zero-order valence-corrected chi connectivity index (χ0v) is 9.00. The summed E-state index contributed by atoms with van der Waals surface area (Å²) < 4.78 is 21.3. The SMILES string of the molecule is CC(=O)NCc1ccc(NS(=O)O)cc1. The van der Waals surface area contributed by atoms with Crippen molar-refractivity contribution in [3.63, 3.8) is 0 Å². The van der Waals surface area contributed by atoms with E-state index in [0.717, 1.165) is 5.56 Å². The van der Waals surface area contributed by atoms with Crippen molar-refractivity contribution in [1.29, 1.82) is 0 Å². The topological polar surface area (TPSA) is 78.4 Å². The first-order valence-electron chi connectivity index (χ1n) is 4.29. The Kier molecular flexibility index (Phi) is 4.26. The van der Waals surface area contributed by atoms with Gasteiger partial charge >= 0.3 is 0 Å². The Balaban J connectivity index is 2.56. The summed E-state index contributed by atoms with van der Waals surface area (Å²) >= 11 is -2.05. The van der Waals surface area contributed by atoms with E-state index in [-0.39, 0.29) is 5.91 Å². The van der Waals surface area contributed by atoms with E-state index >= 15 is 0 Å². The van der Waals surface area contributed by atoms with Crippen LogP contribution in [-0.4, -0.2) is 14.7 Å². The van der Waals surface area contributed by atoms with Gasteiger partial charge in [-0.2, -0.15) is 0 Å². The van der Waals surface area contributed by atoms with Crippen LogP contribution in [0.15, 0.2) is 24.3 Å². The van der Waals surface area contributed by atoms with Crippen LogP contribution in [0.25, 0.3) is 0 Å². The number of benzene rings is 1. The molecule has 1 aromatic carbocycles. The summed E-state index contributed by atoms with van der Waals surface area (Å²) in [6.07, 6.45) is 0. The summed E-state index contributed by atoms with van der Waals surface area (Å²) in [6, 6.07) is 6.88. The Morgan fingerprint density at radius 2 is 2.00 bits per heavy atom. The molecule has 0 bridgehead atoms. The molecule has 0 radical (unpaired) electrons. The number of carbonyl (C=O) groups excluding carboxylic acids is 1. The number of rotatable bonds is 4. The van der Waals surface area contributed by atoms with Gasteiger partial charge in [0.05, 0.1) is 0 Å². The van der Waals surface area contributed by atoms with Crippen LogP contribution in [-0.2, 0) is 22.6 Å². The van der Waals surface area contributed by atoms with Crippen molar-refractivity contribution in [2.75, 3.05) is 4.72 Å². The Morgan fingerprint density at radius 1 is 1.40 bits per heavy atom. The van der Waals surface area contributed by atoms with Gasteiger partial charge in [0.2, 0.25) is 5.91 Å². The van der Waals surface area contributed by atoms with E-state index in [1.165, 1.54) is 6.92 Å². The smallest absolute Gasteiger partial charge is 0.259 e. The first kappa shape index (κ1) is 11.7. The molecule has 6 heteroatoms. The molecule has 1 rings (SSSR count). The summed E-state index contributed by atoms with van der Waals surface area (Å²) in [7, 11) is 0. The standard InChI is InChI=1S/C9H12N2O3S/c1-7(12)10-6-8-2-4-9(5-3-8)11-15(13)14/h2-5,11H,6H2,1H3,(H,10,12)(H,13,14). The van der Waals surface area contributed by atoms with E-state index in [1.807, 2.05) is 0 Å². The highest BCUT2D eigenvalue weighted by Gasteiger charge is 1.97. The van der Waals surface area contributed by atoms with Crippen LogP contribution >= 0.6 is 0 Å². The third-order valence-corrected chi connectivity index (χ3v) is 2.11. The highest BCUT2D eigenvalue weighted by Crippen LogP contribution is 2.09. The van der Waals surface area contributed by atoms with E-state index in [9.17, 15) is 9.00 Å². The van der Waals surface area contributed by atoms with E-state index < -0.39 is 11.3 Å². The summed E-state index contributed by atoms with van der Waals surface area (Å²) in [6.45, 7) is 1.91. The molecular formula is C9H12N2O3S. The van der Waals surface area contributed by atoms with Crippen molar-refractivity contribution >= 4 is 22.9 Å². The summed E-state index contributed by atoms with van der Waals surface area (Å²) in [5.41, 5.74) is 1.49. The molecule has 0 aliphatic rings. The summed E-state index contributed by atoms with van der Waals surface area (Å²) in [4.78, 5) is 10.6. The molecule has 82 valence electrons. The minimum Gasteiger partial charge on any atom is -0.352 e. The lowest BCUT2D eigenvalue weighted by Crippen LogP contribution is -2.18. The zero-order chi connectivity index (χ0) is 11.3. The van der Waals surface area contributed by atoms with Gasteiger partial charge in [-0.05, 0) is 17.7 Å². The highest BCUT2D eigenvalue weighted by atomic mass is 32.2. The fourth-order valence-corrected chi connectivity index (χ4v) is 1.36. The second-order valence-electron chi connectivity index (χ2n) is 2.96. The number of amides is 1. The van der Waals surface area contributed by atoms with E-state index in [1.54, 1.807) is 24.3 Å². The molecule has 0 saturated carbocycles. The number of anilines is 1. The molecule has 15 heavy (non-hydrogen) atoms. The third kappa shape index (κ3) is 4.57. The Hall–Kier alpha value is -1.40. The summed E-state index contributed by atoms with van der Waals surface area (Å²) in [5, 5.41) is 2.65. The fraction of sp³-hybridized carbons (Fsp3) is 0.222. The molecule has 1 atom stereocenters. The number of hydrogen-bond donors (Lipinski definition) is 3. The molecular weight excluding hydrogens is 216 g/mol. The molecule has 0 fully saturated rings. The number of nitrogens with one attached hydrogen (secondary N) is 2. The molecule has 1 amide bonds. The molecule has 0 heterocycles. The molecule has 1 unspecified atom stereocenters. The van der Waals surface area contributed by atoms with Crippen molar-refractivity contribution in [2.45, 2.75) is 13.5 Å². The first-order valence-corrected chi connectivity index (χ1v) is 5.39. The van der Waals surface area contributed by atoms with E-state index in [0.29, 0.717) is 12.2 Å². The minimum absolute atomic E-state index is 0.0892. The van der Waals surface area contributed by atoms with Gasteiger partial charge in [0.1, 0.15) is 0 Å². The van der Waals surface area contributed by atoms with Crippen molar-refractivity contribution < 1.29 is 13.6 Å². The zero-order valence-electron chi connectivity index (χ0n) is 8.19. The maximum Gasteiger partial charge on any atom is 0.259 e. The largest absolute Gasteiger partial charge is 0.352 e. The Labute approximate surface area is 90.3 Å². The lowest BCUT2D eigenvalue weighted by Gasteiger charge is -2.04. The highest BCUT2D eigenvalue weighted by molar-refractivity contribution is 7.80. The maximum absolute atomic E-state index is 10.6. The quantitative estimate of drug-likeness (QED) is 0.669. The van der Waals surface area contributed by atoms with Crippen LogP contribution in [0.3, 0.4) is 0 Å². The van der Waals surface area contributed by atoms with Gasteiger partial charge in [0.15, 0.2) is 0 Å². The normalized spacial score (nSPS) is 11.9. The van der Waals surface area contributed by atoms with Gasteiger partial charge in [-0.3, -0.25) is 14.1 Å². The molecule has 0 aromatic heterocycles. The molecule has 0 saturated heterocycles. The third-order valence-electron chi connectivity index (χ3n) is 1.70. The molecule has 5 nitrogen and oxygen atoms in total. The average molecular weight is 228 g/mol. The number of carbonyl (C=O) groups is 1. The lowest BCUT2D eigenvalue weighted by atomic mass is 10.2. The van der Waals surface area contributed by atoms with Gasteiger partial charge < -0.3 is 5.32 Å². The van der Waals surface area contributed by atoms with Crippen molar-refractivity contribution in [3.8, 4) is 0 Å². The van der Waals surface area contributed by atoms with Crippen LogP contribution in [0.5, 0.6) is 0 Å². The molecule has 1 aromatic rings. The number of hydrogen-bond acceptors (Lipinski definition) is 2. The molecule has 0 aliphatic heterocycles. The van der Waals surface area contributed by atoms with Crippen LogP contribution in [0.2, 0.25) is 0 Å². The molecule has 0 aliphatic carbocycles. The maximum atomic E-state index is 10.6. The predicted octanol–water partition coefficient (Wildman–Crippen LogP) is 0.871.